The summed E-state index contributed by atoms with van der Waals surface area (Å²) in [7, 11) is -2.20. The quantitative estimate of drug-likeness (QED) is 0.844. The van der Waals surface area contributed by atoms with Crippen LogP contribution in [0.4, 0.5) is 11.6 Å². The normalized spacial score (nSPS) is 14.5. The third kappa shape index (κ3) is 3.71. The van der Waals surface area contributed by atoms with Crippen LogP contribution in [0.2, 0.25) is 0 Å². The summed E-state index contributed by atoms with van der Waals surface area (Å²) in [6.45, 7) is 9.11. The van der Waals surface area contributed by atoms with E-state index in [-0.39, 0.29) is 4.90 Å². The summed E-state index contributed by atoms with van der Waals surface area (Å²) in [6, 6.07) is 3.23. The van der Waals surface area contributed by atoms with Gasteiger partial charge in [-0.2, -0.15) is 0 Å². The van der Waals surface area contributed by atoms with Crippen molar-refractivity contribution in [3.05, 3.63) is 34.6 Å². The van der Waals surface area contributed by atoms with Crippen molar-refractivity contribution in [2.24, 2.45) is 0 Å². The van der Waals surface area contributed by atoms with Crippen molar-refractivity contribution in [2.45, 2.75) is 45.4 Å². The second kappa shape index (κ2) is 7.34. The Balaban J connectivity index is 1.96. The molecule has 1 aliphatic heterocycles. The highest BCUT2D eigenvalue weighted by molar-refractivity contribution is 7.92. The van der Waals surface area contributed by atoms with Gasteiger partial charge in [-0.3, -0.25) is 4.72 Å². The van der Waals surface area contributed by atoms with Crippen molar-refractivity contribution < 1.29 is 13.2 Å². The summed E-state index contributed by atoms with van der Waals surface area (Å²) in [6.07, 6.45) is 2.26. The summed E-state index contributed by atoms with van der Waals surface area (Å²) in [5.74, 6) is 1.33. The first-order chi connectivity index (χ1) is 12.7. The molecule has 146 valence electrons. The molecule has 1 fully saturated rings. The second-order valence-electron chi connectivity index (χ2n) is 6.89. The Bertz CT molecular complexity index is 944. The standard InChI is InChI=1S/C19H26N4O3S/c1-12-13(2)17(9-8-16(12)26-5)27(24,25)22-18-14(3)20-19(21-15(18)4)23-10-6-7-11-23/h8-9,22H,6-7,10-11H2,1-5H3. The fraction of sp³-hybridized carbons (Fsp3) is 0.474. The minimum atomic E-state index is -3.77. The summed E-state index contributed by atoms with van der Waals surface area (Å²) in [5, 5.41) is 0. The molecule has 0 radical (unpaired) electrons. The summed E-state index contributed by atoms with van der Waals surface area (Å²) in [4.78, 5) is 11.4. The number of sulfonamides is 1. The number of rotatable bonds is 5. The fourth-order valence-electron chi connectivity index (χ4n) is 3.38. The van der Waals surface area contributed by atoms with E-state index in [2.05, 4.69) is 19.6 Å². The van der Waals surface area contributed by atoms with E-state index < -0.39 is 10.0 Å². The molecule has 0 spiro atoms. The summed E-state index contributed by atoms with van der Waals surface area (Å²) >= 11 is 0. The molecular formula is C19H26N4O3S. The maximum atomic E-state index is 13.0. The Morgan fingerprint density at radius 1 is 1.00 bits per heavy atom. The van der Waals surface area contributed by atoms with Crippen LogP contribution >= 0.6 is 0 Å². The highest BCUT2D eigenvalue weighted by atomic mass is 32.2. The number of nitrogens with zero attached hydrogens (tertiary/aromatic N) is 3. The number of methoxy groups -OCH3 is 1. The van der Waals surface area contributed by atoms with Crippen LogP contribution in [0.5, 0.6) is 5.75 Å². The van der Waals surface area contributed by atoms with Gasteiger partial charge in [0.2, 0.25) is 5.95 Å². The van der Waals surface area contributed by atoms with E-state index >= 15 is 0 Å². The van der Waals surface area contributed by atoms with Gasteiger partial charge >= 0.3 is 0 Å². The smallest absolute Gasteiger partial charge is 0.262 e. The Hall–Kier alpha value is -2.35. The molecule has 0 saturated carbocycles. The maximum Gasteiger partial charge on any atom is 0.262 e. The van der Waals surface area contributed by atoms with Crippen LogP contribution < -0.4 is 14.4 Å². The van der Waals surface area contributed by atoms with Gasteiger partial charge in [0.25, 0.3) is 10.0 Å². The number of hydrogen-bond acceptors (Lipinski definition) is 6. The molecule has 0 amide bonds. The Morgan fingerprint density at radius 2 is 1.59 bits per heavy atom. The van der Waals surface area contributed by atoms with Crippen molar-refractivity contribution in [2.75, 3.05) is 29.8 Å². The molecule has 0 aliphatic carbocycles. The van der Waals surface area contributed by atoms with E-state index in [0.717, 1.165) is 31.5 Å². The average molecular weight is 391 g/mol. The molecule has 2 heterocycles. The Labute approximate surface area is 160 Å². The number of hydrogen-bond donors (Lipinski definition) is 1. The number of anilines is 2. The molecular weight excluding hydrogens is 364 g/mol. The zero-order valence-electron chi connectivity index (χ0n) is 16.5. The van der Waals surface area contributed by atoms with Gasteiger partial charge in [0.15, 0.2) is 0 Å². The average Bonchev–Trinajstić information content (AvgIpc) is 3.14. The number of ether oxygens (including phenoxy) is 1. The lowest BCUT2D eigenvalue weighted by Crippen LogP contribution is -2.23. The highest BCUT2D eigenvalue weighted by Crippen LogP contribution is 2.30. The number of aromatic nitrogens is 2. The maximum absolute atomic E-state index is 13.0. The lowest BCUT2D eigenvalue weighted by molar-refractivity contribution is 0.411. The molecule has 1 N–H and O–H groups in total. The minimum absolute atomic E-state index is 0.225. The van der Waals surface area contributed by atoms with Crippen molar-refractivity contribution in [3.63, 3.8) is 0 Å². The van der Waals surface area contributed by atoms with Gasteiger partial charge in [0.1, 0.15) is 5.75 Å². The zero-order valence-corrected chi connectivity index (χ0v) is 17.3. The van der Waals surface area contributed by atoms with Crippen molar-refractivity contribution >= 4 is 21.7 Å². The van der Waals surface area contributed by atoms with Crippen LogP contribution in [0.3, 0.4) is 0 Å². The van der Waals surface area contributed by atoms with E-state index in [1.54, 1.807) is 40.0 Å². The molecule has 0 unspecified atom stereocenters. The fourth-order valence-corrected chi connectivity index (χ4v) is 4.85. The Morgan fingerprint density at radius 3 is 2.15 bits per heavy atom. The molecule has 1 aliphatic rings. The third-order valence-electron chi connectivity index (χ3n) is 5.08. The summed E-state index contributed by atoms with van der Waals surface area (Å²) in [5.41, 5.74) is 3.14. The van der Waals surface area contributed by atoms with Gasteiger partial charge in [-0.1, -0.05) is 0 Å². The van der Waals surface area contributed by atoms with E-state index in [1.807, 2.05) is 6.92 Å². The van der Waals surface area contributed by atoms with E-state index in [0.29, 0.717) is 34.3 Å². The van der Waals surface area contributed by atoms with Crippen molar-refractivity contribution in [1.29, 1.82) is 0 Å². The monoisotopic (exact) mass is 390 g/mol. The zero-order chi connectivity index (χ0) is 19.8. The van der Waals surface area contributed by atoms with Gasteiger partial charge in [-0.25, -0.2) is 18.4 Å². The molecule has 0 atom stereocenters. The van der Waals surface area contributed by atoms with Crippen molar-refractivity contribution in [1.82, 2.24) is 9.97 Å². The SMILES string of the molecule is COc1ccc(S(=O)(=O)Nc2c(C)nc(N3CCCC3)nc2C)c(C)c1C. The largest absolute Gasteiger partial charge is 0.496 e. The molecule has 7 nitrogen and oxygen atoms in total. The molecule has 0 bridgehead atoms. The van der Waals surface area contributed by atoms with Gasteiger partial charge in [-0.15, -0.1) is 0 Å². The molecule has 27 heavy (non-hydrogen) atoms. The first-order valence-electron chi connectivity index (χ1n) is 9.02. The van der Waals surface area contributed by atoms with Crippen LogP contribution in [0.1, 0.15) is 35.4 Å². The number of aryl methyl sites for hydroxylation is 2. The predicted molar refractivity (Wildman–Crippen MR) is 106 cm³/mol. The van der Waals surface area contributed by atoms with Gasteiger partial charge < -0.3 is 9.64 Å². The van der Waals surface area contributed by atoms with Gasteiger partial charge in [0, 0.05) is 13.1 Å². The molecule has 1 aromatic heterocycles. The van der Waals surface area contributed by atoms with Crippen molar-refractivity contribution in [3.8, 4) is 5.75 Å². The topological polar surface area (TPSA) is 84.4 Å². The molecule has 1 aromatic carbocycles. The number of nitrogens with one attached hydrogen (secondary N) is 1. The first-order valence-corrected chi connectivity index (χ1v) is 10.5. The highest BCUT2D eigenvalue weighted by Gasteiger charge is 2.23. The molecule has 1 saturated heterocycles. The lowest BCUT2D eigenvalue weighted by atomic mass is 10.1. The predicted octanol–water partition coefficient (Wildman–Crippen LogP) is 3.12. The van der Waals surface area contributed by atoms with E-state index in [9.17, 15) is 8.42 Å². The van der Waals surface area contributed by atoms with Gasteiger partial charge in [0.05, 0.1) is 29.1 Å². The minimum Gasteiger partial charge on any atom is -0.496 e. The molecule has 2 aromatic rings. The molecule has 8 heteroatoms. The van der Waals surface area contributed by atoms with Crippen LogP contribution in [0.25, 0.3) is 0 Å². The van der Waals surface area contributed by atoms with Crippen LogP contribution in [0, 0.1) is 27.7 Å². The lowest BCUT2D eigenvalue weighted by Gasteiger charge is -2.19. The van der Waals surface area contributed by atoms with Crippen LogP contribution in [-0.2, 0) is 10.0 Å². The first kappa shape index (κ1) is 19.4. The third-order valence-corrected chi connectivity index (χ3v) is 6.58. The van der Waals surface area contributed by atoms with Crippen LogP contribution in [0.15, 0.2) is 17.0 Å². The van der Waals surface area contributed by atoms with E-state index in [4.69, 9.17) is 4.74 Å². The van der Waals surface area contributed by atoms with Crippen LogP contribution in [-0.4, -0.2) is 38.6 Å². The summed E-state index contributed by atoms with van der Waals surface area (Å²) < 4.78 is 34.0. The van der Waals surface area contributed by atoms with Gasteiger partial charge in [-0.05, 0) is 63.8 Å². The van der Waals surface area contributed by atoms with E-state index in [1.165, 1.54) is 0 Å². The Kier molecular flexibility index (Phi) is 5.28. The second-order valence-corrected chi connectivity index (χ2v) is 8.54. The molecule has 3 rings (SSSR count). The number of benzene rings is 1.